The molecule has 0 atom stereocenters. The van der Waals surface area contributed by atoms with Gasteiger partial charge in [0.2, 0.25) is 0 Å². The van der Waals surface area contributed by atoms with Crippen LogP contribution in [0.2, 0.25) is 0 Å². The van der Waals surface area contributed by atoms with Crippen LogP contribution in [0.25, 0.3) is 0 Å². The fraction of sp³-hybridized carbons (Fsp3) is 0.217. The molecule has 2 N–H and O–H groups in total. The number of benzene rings is 6. The van der Waals surface area contributed by atoms with Gasteiger partial charge in [0.05, 0.1) is 11.4 Å². The molecule has 0 unspecified atom stereocenters. The van der Waals surface area contributed by atoms with E-state index in [0.29, 0.717) is 11.4 Å². The molecule has 54 heavy (non-hydrogen) atoms. The van der Waals surface area contributed by atoms with E-state index in [1.807, 2.05) is 222 Å². The van der Waals surface area contributed by atoms with Crippen LogP contribution in [0, 0.1) is 0 Å². The molecule has 6 rings (SSSR count). The van der Waals surface area contributed by atoms with Gasteiger partial charge in [0.1, 0.15) is 11.2 Å². The van der Waals surface area contributed by atoms with Crippen LogP contribution in [0.5, 0.6) is 0 Å². The lowest BCUT2D eigenvalue weighted by molar-refractivity contribution is 0.125. The van der Waals surface area contributed by atoms with Crippen molar-refractivity contribution in [3.8, 4) is 0 Å². The molecular weight excluding hydrogens is 669 g/mol. The lowest BCUT2D eigenvalue weighted by Gasteiger charge is -2.31. The van der Waals surface area contributed by atoms with Crippen molar-refractivity contribution in [2.75, 3.05) is 76.0 Å². The van der Waals surface area contributed by atoms with Crippen molar-refractivity contribution in [3.63, 3.8) is 0 Å². The van der Waals surface area contributed by atoms with Crippen molar-refractivity contribution in [1.82, 2.24) is 0 Å². The summed E-state index contributed by atoms with van der Waals surface area (Å²) < 4.78 is 0. The molecule has 6 aromatic rings. The number of rotatable bonds is 12. The van der Waals surface area contributed by atoms with Gasteiger partial charge in [-0.2, -0.15) is 10.2 Å². The maximum Gasteiger partial charge on any atom is 0.140 e. The first-order valence-electron chi connectivity index (χ1n) is 18.0. The molecular formula is C46H50N6O2. The molecule has 0 aromatic heterocycles. The topological polar surface area (TPSA) is 78.1 Å². The summed E-state index contributed by atoms with van der Waals surface area (Å²) in [7, 11) is 16.0. The molecule has 0 fully saturated rings. The van der Waals surface area contributed by atoms with Gasteiger partial charge in [0, 0.05) is 79.1 Å². The lowest BCUT2D eigenvalue weighted by Crippen LogP contribution is -2.29. The maximum atomic E-state index is 12.5. The normalized spacial score (nSPS) is 11.8. The lowest BCUT2D eigenvalue weighted by atomic mass is 9.80. The van der Waals surface area contributed by atoms with Crippen LogP contribution in [0.15, 0.2) is 156 Å². The number of hydrogen-bond acceptors (Lipinski definition) is 8. The molecule has 8 nitrogen and oxygen atoms in total. The van der Waals surface area contributed by atoms with Crippen LogP contribution in [-0.4, -0.2) is 66.6 Å². The molecule has 0 spiro atoms. The minimum Gasteiger partial charge on any atom is -0.378 e. The summed E-state index contributed by atoms with van der Waals surface area (Å²) in [6.45, 7) is 0. The first-order valence-corrected chi connectivity index (χ1v) is 18.0. The average molecular weight is 719 g/mol. The summed E-state index contributed by atoms with van der Waals surface area (Å²) in [5.41, 5.74) is 7.22. The summed E-state index contributed by atoms with van der Waals surface area (Å²) in [6, 6.07) is 47.1. The van der Waals surface area contributed by atoms with Gasteiger partial charge in [-0.25, -0.2) is 0 Å². The molecule has 0 saturated heterocycles. The minimum absolute atomic E-state index is 0.648. The highest BCUT2D eigenvalue weighted by Gasteiger charge is 2.35. The van der Waals surface area contributed by atoms with Gasteiger partial charge in [-0.3, -0.25) is 0 Å². The first-order chi connectivity index (χ1) is 25.8. The van der Waals surface area contributed by atoms with Crippen molar-refractivity contribution >= 4 is 34.1 Å². The van der Waals surface area contributed by atoms with E-state index in [-0.39, 0.29) is 0 Å². The van der Waals surface area contributed by atoms with Crippen molar-refractivity contribution in [3.05, 3.63) is 179 Å². The third-order valence-electron chi connectivity index (χ3n) is 10.1. The standard InChI is InChI=1S/C46H50N6O2/c1-49(2)41-25-13-35(14-26-41)45(53,36-15-27-42(28-16-36)50(3)4)33-9-21-39(22-10-33)47-48-40-23-11-34(12-24-40)46(54,37-17-29-43(30-18-37)51(5)6)38-19-31-44(32-20-38)52(7)8/h9-32,53-54H,1-8H3. The molecule has 0 heterocycles. The van der Waals surface area contributed by atoms with Crippen molar-refractivity contribution in [2.24, 2.45) is 10.2 Å². The molecule has 0 bridgehead atoms. The van der Waals surface area contributed by atoms with Crippen LogP contribution in [0.1, 0.15) is 33.4 Å². The summed E-state index contributed by atoms with van der Waals surface area (Å²) in [6.07, 6.45) is 0. The van der Waals surface area contributed by atoms with E-state index in [9.17, 15) is 10.2 Å². The van der Waals surface area contributed by atoms with Gasteiger partial charge in [0.25, 0.3) is 0 Å². The molecule has 276 valence electrons. The zero-order chi connectivity index (χ0) is 38.6. The van der Waals surface area contributed by atoms with Crippen LogP contribution >= 0.6 is 0 Å². The zero-order valence-corrected chi connectivity index (χ0v) is 32.4. The second-order valence-corrected chi connectivity index (χ2v) is 14.5. The maximum absolute atomic E-state index is 12.5. The third kappa shape index (κ3) is 7.57. The fourth-order valence-corrected chi connectivity index (χ4v) is 6.66. The molecule has 6 aromatic carbocycles. The number of aliphatic hydroxyl groups is 2. The quantitative estimate of drug-likeness (QED) is 0.0973. The predicted octanol–water partition coefficient (Wildman–Crippen LogP) is 8.93. The highest BCUT2D eigenvalue weighted by molar-refractivity contribution is 5.58. The van der Waals surface area contributed by atoms with Crippen molar-refractivity contribution < 1.29 is 10.2 Å². The van der Waals surface area contributed by atoms with E-state index in [1.54, 1.807) is 0 Å². The van der Waals surface area contributed by atoms with Gasteiger partial charge in [-0.15, -0.1) is 0 Å². The molecule has 0 aliphatic carbocycles. The van der Waals surface area contributed by atoms with E-state index in [1.165, 1.54) is 0 Å². The number of azo groups is 1. The van der Waals surface area contributed by atoms with E-state index in [2.05, 4.69) is 10.2 Å². The number of hydrogen-bond donors (Lipinski definition) is 2. The number of anilines is 4. The van der Waals surface area contributed by atoms with E-state index in [4.69, 9.17) is 0 Å². The van der Waals surface area contributed by atoms with E-state index in [0.717, 1.165) is 56.1 Å². The summed E-state index contributed by atoms with van der Waals surface area (Å²) >= 11 is 0. The van der Waals surface area contributed by atoms with Gasteiger partial charge in [-0.05, 0) is 106 Å². The Hall–Kier alpha value is -5.96. The second kappa shape index (κ2) is 15.6. The Balaban J connectivity index is 1.29. The molecule has 0 amide bonds. The smallest absolute Gasteiger partial charge is 0.140 e. The van der Waals surface area contributed by atoms with Crippen LogP contribution in [-0.2, 0) is 11.2 Å². The van der Waals surface area contributed by atoms with Crippen molar-refractivity contribution in [2.45, 2.75) is 11.2 Å². The minimum atomic E-state index is -1.39. The third-order valence-corrected chi connectivity index (χ3v) is 10.1. The highest BCUT2D eigenvalue weighted by Crippen LogP contribution is 2.40. The monoisotopic (exact) mass is 718 g/mol. The SMILES string of the molecule is CN(C)c1ccc(C(O)(c2ccc(N=Nc3ccc(C(O)(c4ccc(N(C)C)cc4)c4ccc(N(C)C)cc4)cc3)cc2)c2ccc(N(C)C)cc2)cc1. The molecule has 0 aliphatic rings. The fourth-order valence-electron chi connectivity index (χ4n) is 6.66. The predicted molar refractivity (Wildman–Crippen MR) is 224 cm³/mol. The Kier molecular flexibility index (Phi) is 10.9. The van der Waals surface area contributed by atoms with Crippen LogP contribution in [0.3, 0.4) is 0 Å². The van der Waals surface area contributed by atoms with Gasteiger partial charge in [0.15, 0.2) is 0 Å². The highest BCUT2D eigenvalue weighted by atomic mass is 16.3. The Morgan fingerprint density at radius 3 is 0.630 bits per heavy atom. The van der Waals surface area contributed by atoms with E-state index < -0.39 is 11.2 Å². The van der Waals surface area contributed by atoms with Gasteiger partial charge >= 0.3 is 0 Å². The largest absolute Gasteiger partial charge is 0.378 e. The van der Waals surface area contributed by atoms with Crippen LogP contribution in [0.4, 0.5) is 34.1 Å². The van der Waals surface area contributed by atoms with Crippen molar-refractivity contribution in [1.29, 1.82) is 0 Å². The molecule has 8 heteroatoms. The number of nitrogens with zero attached hydrogens (tertiary/aromatic N) is 6. The van der Waals surface area contributed by atoms with Crippen LogP contribution < -0.4 is 19.6 Å². The summed E-state index contributed by atoms with van der Waals surface area (Å²) in [4.78, 5) is 8.15. The van der Waals surface area contributed by atoms with Gasteiger partial charge in [-0.1, -0.05) is 72.8 Å². The van der Waals surface area contributed by atoms with Gasteiger partial charge < -0.3 is 29.8 Å². The molecule has 0 aliphatic heterocycles. The zero-order valence-electron chi connectivity index (χ0n) is 32.4. The Morgan fingerprint density at radius 1 is 0.296 bits per heavy atom. The first kappa shape index (κ1) is 37.8. The molecule has 0 saturated carbocycles. The Bertz CT molecular complexity index is 1900. The Morgan fingerprint density at radius 2 is 0.463 bits per heavy atom. The summed E-state index contributed by atoms with van der Waals surface area (Å²) in [5.74, 6) is 0. The second-order valence-electron chi connectivity index (χ2n) is 14.5. The van der Waals surface area contributed by atoms with E-state index >= 15 is 0 Å². The summed E-state index contributed by atoms with van der Waals surface area (Å²) in [5, 5.41) is 34.1. The average Bonchev–Trinajstić information content (AvgIpc) is 3.20. The Labute approximate surface area is 319 Å². The molecule has 0 radical (unpaired) electrons.